The van der Waals surface area contributed by atoms with Crippen molar-refractivity contribution in [1.29, 1.82) is 0 Å². The summed E-state index contributed by atoms with van der Waals surface area (Å²) in [5, 5.41) is 10.9. The predicted octanol–water partition coefficient (Wildman–Crippen LogP) is 3.61. The van der Waals surface area contributed by atoms with Crippen molar-refractivity contribution < 1.29 is 5.11 Å². The van der Waals surface area contributed by atoms with Gasteiger partial charge in [0.15, 0.2) is 0 Å². The molecule has 0 radical (unpaired) electrons. The average Bonchev–Trinajstić information content (AvgIpc) is 2.53. The molecular weight excluding hydrogens is 196 g/mol. The Morgan fingerprint density at radius 1 is 1.06 bits per heavy atom. The van der Waals surface area contributed by atoms with Crippen molar-refractivity contribution in [1.82, 2.24) is 0 Å². The van der Waals surface area contributed by atoms with Crippen LogP contribution in [-0.4, -0.2) is 10.7 Å². The monoisotopic (exact) mass is 222 g/mol. The number of rotatable bonds is 0. The molecule has 92 valence electrons. The first-order valence-electron chi connectivity index (χ1n) is 7.03. The lowest BCUT2D eigenvalue weighted by atomic mass is 9.58. The van der Waals surface area contributed by atoms with E-state index in [0.29, 0.717) is 5.41 Å². The van der Waals surface area contributed by atoms with Crippen LogP contribution in [0.15, 0.2) is 0 Å². The SMILES string of the molecule is C[C@@H]1CCC23CC[C@@H]1C2C(C)(C)C[C@@]3(C)O. The van der Waals surface area contributed by atoms with Gasteiger partial charge in [-0.3, -0.25) is 0 Å². The van der Waals surface area contributed by atoms with Gasteiger partial charge in [0.2, 0.25) is 0 Å². The minimum absolute atomic E-state index is 0.272. The summed E-state index contributed by atoms with van der Waals surface area (Å²) in [6.45, 7) is 9.34. The molecule has 1 heteroatoms. The fraction of sp³-hybridized carbons (Fsp3) is 1.00. The Balaban J connectivity index is 2.10. The zero-order valence-electron chi connectivity index (χ0n) is 11.2. The summed E-state index contributed by atoms with van der Waals surface area (Å²) < 4.78 is 0. The van der Waals surface area contributed by atoms with Crippen LogP contribution in [0.2, 0.25) is 0 Å². The highest BCUT2D eigenvalue weighted by Crippen LogP contribution is 2.73. The normalized spacial score (nSPS) is 58.7. The van der Waals surface area contributed by atoms with Gasteiger partial charge in [0.05, 0.1) is 5.60 Å². The summed E-state index contributed by atoms with van der Waals surface area (Å²) >= 11 is 0. The molecule has 3 rings (SSSR count). The van der Waals surface area contributed by atoms with Gasteiger partial charge in [-0.25, -0.2) is 0 Å². The van der Waals surface area contributed by atoms with Crippen LogP contribution in [0.25, 0.3) is 0 Å². The summed E-state index contributed by atoms with van der Waals surface area (Å²) in [7, 11) is 0. The fourth-order valence-electron chi connectivity index (χ4n) is 6.12. The third-order valence-electron chi connectivity index (χ3n) is 6.44. The Morgan fingerprint density at radius 2 is 1.69 bits per heavy atom. The van der Waals surface area contributed by atoms with Gasteiger partial charge >= 0.3 is 0 Å². The van der Waals surface area contributed by atoms with Gasteiger partial charge in [0.25, 0.3) is 0 Å². The molecule has 0 amide bonds. The van der Waals surface area contributed by atoms with Crippen LogP contribution < -0.4 is 0 Å². The van der Waals surface area contributed by atoms with Gasteiger partial charge in [-0.2, -0.15) is 0 Å². The maximum Gasteiger partial charge on any atom is 0.0683 e. The van der Waals surface area contributed by atoms with Crippen LogP contribution in [-0.2, 0) is 0 Å². The number of aliphatic hydroxyl groups is 1. The molecule has 2 unspecified atom stereocenters. The molecule has 1 N–H and O–H groups in total. The van der Waals surface area contributed by atoms with Gasteiger partial charge in [0.1, 0.15) is 0 Å². The summed E-state index contributed by atoms with van der Waals surface area (Å²) in [4.78, 5) is 0. The van der Waals surface area contributed by atoms with Crippen LogP contribution >= 0.6 is 0 Å². The summed E-state index contributed by atoms with van der Waals surface area (Å²) in [5.41, 5.74) is 0.211. The van der Waals surface area contributed by atoms with E-state index in [1.54, 1.807) is 0 Å². The van der Waals surface area contributed by atoms with Crippen molar-refractivity contribution in [2.75, 3.05) is 0 Å². The zero-order valence-corrected chi connectivity index (χ0v) is 11.2. The van der Waals surface area contributed by atoms with E-state index in [1.807, 2.05) is 0 Å². The Kier molecular flexibility index (Phi) is 1.98. The Hall–Kier alpha value is -0.0400. The second-order valence-corrected chi connectivity index (χ2v) is 7.79. The Morgan fingerprint density at radius 3 is 2.38 bits per heavy atom. The molecule has 2 bridgehead atoms. The fourth-order valence-corrected chi connectivity index (χ4v) is 6.12. The van der Waals surface area contributed by atoms with Gasteiger partial charge < -0.3 is 5.11 Å². The lowest BCUT2D eigenvalue weighted by Crippen LogP contribution is -2.46. The van der Waals surface area contributed by atoms with Gasteiger partial charge in [0, 0.05) is 5.41 Å². The van der Waals surface area contributed by atoms with E-state index >= 15 is 0 Å². The maximum absolute atomic E-state index is 10.9. The van der Waals surface area contributed by atoms with E-state index < -0.39 is 5.60 Å². The molecule has 3 aliphatic carbocycles. The molecule has 0 spiro atoms. The Bertz CT molecular complexity index is 317. The van der Waals surface area contributed by atoms with Crippen molar-refractivity contribution in [2.24, 2.45) is 28.6 Å². The minimum Gasteiger partial charge on any atom is -0.390 e. The lowest BCUT2D eigenvalue weighted by Gasteiger charge is -2.47. The molecule has 0 saturated heterocycles. The number of hydrogen-bond acceptors (Lipinski definition) is 1. The van der Waals surface area contributed by atoms with Crippen molar-refractivity contribution in [3.63, 3.8) is 0 Å². The van der Waals surface area contributed by atoms with E-state index in [4.69, 9.17) is 0 Å². The average molecular weight is 222 g/mol. The largest absolute Gasteiger partial charge is 0.390 e. The molecule has 5 atom stereocenters. The Labute approximate surface area is 99.6 Å². The van der Waals surface area contributed by atoms with Crippen LogP contribution in [0.4, 0.5) is 0 Å². The smallest absolute Gasteiger partial charge is 0.0683 e. The molecule has 3 fully saturated rings. The first-order chi connectivity index (χ1) is 7.30. The molecule has 0 aromatic carbocycles. The van der Waals surface area contributed by atoms with Gasteiger partial charge in [-0.1, -0.05) is 20.8 Å². The van der Waals surface area contributed by atoms with Crippen LogP contribution in [0.3, 0.4) is 0 Å². The number of hydrogen-bond donors (Lipinski definition) is 1. The van der Waals surface area contributed by atoms with E-state index in [2.05, 4.69) is 27.7 Å². The van der Waals surface area contributed by atoms with Crippen molar-refractivity contribution in [2.45, 2.75) is 65.4 Å². The lowest BCUT2D eigenvalue weighted by molar-refractivity contribution is -0.0802. The van der Waals surface area contributed by atoms with E-state index in [9.17, 15) is 5.11 Å². The highest BCUT2D eigenvalue weighted by molar-refractivity contribution is 5.19. The van der Waals surface area contributed by atoms with E-state index in [-0.39, 0.29) is 5.41 Å². The third-order valence-corrected chi connectivity index (χ3v) is 6.44. The first-order valence-corrected chi connectivity index (χ1v) is 7.03. The van der Waals surface area contributed by atoms with Crippen LogP contribution in [0.1, 0.15) is 59.8 Å². The van der Waals surface area contributed by atoms with E-state index in [1.165, 1.54) is 25.7 Å². The molecule has 0 heterocycles. The highest BCUT2D eigenvalue weighted by atomic mass is 16.3. The molecule has 16 heavy (non-hydrogen) atoms. The van der Waals surface area contributed by atoms with Crippen molar-refractivity contribution in [3.05, 3.63) is 0 Å². The van der Waals surface area contributed by atoms with Crippen LogP contribution in [0.5, 0.6) is 0 Å². The minimum atomic E-state index is -0.407. The van der Waals surface area contributed by atoms with Gasteiger partial charge in [-0.05, 0) is 62.2 Å². The van der Waals surface area contributed by atoms with Gasteiger partial charge in [-0.15, -0.1) is 0 Å². The second-order valence-electron chi connectivity index (χ2n) is 7.79. The zero-order chi connectivity index (χ0) is 11.8. The summed E-state index contributed by atoms with van der Waals surface area (Å²) in [6, 6.07) is 0. The van der Waals surface area contributed by atoms with Crippen molar-refractivity contribution >= 4 is 0 Å². The molecule has 0 aromatic heterocycles. The third kappa shape index (κ3) is 1.06. The molecule has 1 nitrogen and oxygen atoms in total. The second kappa shape index (κ2) is 2.85. The highest BCUT2D eigenvalue weighted by Gasteiger charge is 2.69. The van der Waals surface area contributed by atoms with Crippen LogP contribution in [0, 0.1) is 28.6 Å². The topological polar surface area (TPSA) is 20.2 Å². The molecule has 3 aliphatic rings. The summed E-state index contributed by atoms with van der Waals surface area (Å²) in [6.07, 6.45) is 6.27. The quantitative estimate of drug-likeness (QED) is 0.664. The maximum atomic E-state index is 10.9. The standard InChI is InChI=1S/C15H26O/c1-10-5-7-15-8-6-11(10)12(15)13(2,3)9-14(15,4)16/h10-12,16H,5-9H2,1-4H3/t10-,11+,12?,14-,15?/m1/s1. The molecule has 0 aliphatic heterocycles. The molecular formula is C15H26O. The van der Waals surface area contributed by atoms with E-state index in [0.717, 1.165) is 24.2 Å². The predicted molar refractivity (Wildman–Crippen MR) is 66.1 cm³/mol. The van der Waals surface area contributed by atoms with Crippen molar-refractivity contribution in [3.8, 4) is 0 Å². The first kappa shape index (κ1) is 11.1. The molecule has 3 saturated carbocycles. The molecule has 0 aromatic rings. The summed E-state index contributed by atoms with van der Waals surface area (Å²) in [5.74, 6) is 2.55.